The highest BCUT2D eigenvalue weighted by Gasteiger charge is 2.06. The monoisotopic (exact) mass is 474 g/mol. The SMILES string of the molecule is CC(C)c1cccc(NC(N)=NCc2ccc(S(N)(=O)=O)cc2)c1.I. The lowest BCUT2D eigenvalue weighted by molar-refractivity contribution is 0.598. The molecule has 0 fully saturated rings. The number of aliphatic imine (C=N–C) groups is 1. The first-order valence-corrected chi connectivity index (χ1v) is 9.09. The van der Waals surface area contributed by atoms with Crippen molar-refractivity contribution in [3.8, 4) is 0 Å². The van der Waals surface area contributed by atoms with E-state index in [1.807, 2.05) is 18.2 Å². The number of anilines is 1. The van der Waals surface area contributed by atoms with Crippen LogP contribution in [0.3, 0.4) is 0 Å². The fourth-order valence-corrected chi connectivity index (χ4v) is 2.64. The number of halogens is 1. The van der Waals surface area contributed by atoms with E-state index in [1.54, 1.807) is 12.1 Å². The Morgan fingerprint density at radius 2 is 1.80 bits per heavy atom. The predicted molar refractivity (Wildman–Crippen MR) is 113 cm³/mol. The molecular weight excluding hydrogens is 451 g/mol. The lowest BCUT2D eigenvalue weighted by Crippen LogP contribution is -2.22. The summed E-state index contributed by atoms with van der Waals surface area (Å²) < 4.78 is 22.4. The molecular formula is C17H23IN4O2S. The van der Waals surface area contributed by atoms with Crippen LogP contribution in [0.1, 0.15) is 30.9 Å². The van der Waals surface area contributed by atoms with E-state index in [1.165, 1.54) is 17.7 Å². The van der Waals surface area contributed by atoms with Crippen molar-refractivity contribution in [1.82, 2.24) is 0 Å². The molecule has 0 bridgehead atoms. The van der Waals surface area contributed by atoms with E-state index < -0.39 is 10.0 Å². The van der Waals surface area contributed by atoms with Crippen molar-refractivity contribution in [1.29, 1.82) is 0 Å². The lowest BCUT2D eigenvalue weighted by atomic mass is 10.0. The van der Waals surface area contributed by atoms with Gasteiger partial charge in [-0.05, 0) is 41.3 Å². The molecule has 2 aromatic rings. The zero-order valence-corrected chi connectivity index (χ0v) is 17.3. The first kappa shape index (κ1) is 21.4. The van der Waals surface area contributed by atoms with Gasteiger partial charge in [0.25, 0.3) is 0 Å². The number of nitrogens with one attached hydrogen (secondary N) is 1. The second-order valence-electron chi connectivity index (χ2n) is 5.80. The van der Waals surface area contributed by atoms with Crippen LogP contribution in [0.5, 0.6) is 0 Å². The number of nitrogens with zero attached hydrogens (tertiary/aromatic N) is 1. The summed E-state index contributed by atoms with van der Waals surface area (Å²) in [6.45, 7) is 4.59. The Balaban J connectivity index is 0.00000312. The van der Waals surface area contributed by atoms with Gasteiger partial charge in [0, 0.05) is 5.69 Å². The minimum absolute atomic E-state index is 0. The van der Waals surface area contributed by atoms with Crippen LogP contribution in [0.25, 0.3) is 0 Å². The standard InChI is InChI=1S/C17H22N4O2S.HI/c1-12(2)14-4-3-5-15(10-14)21-17(18)20-11-13-6-8-16(9-7-13)24(19,22)23;/h3-10,12H,11H2,1-2H3,(H3,18,20,21)(H2,19,22,23);1H. The quantitative estimate of drug-likeness (QED) is 0.352. The first-order chi connectivity index (χ1) is 11.3. The molecule has 0 amide bonds. The summed E-state index contributed by atoms with van der Waals surface area (Å²) in [4.78, 5) is 4.33. The predicted octanol–water partition coefficient (Wildman–Crippen LogP) is 3.00. The van der Waals surface area contributed by atoms with E-state index in [2.05, 4.69) is 30.2 Å². The molecule has 0 radical (unpaired) electrons. The van der Waals surface area contributed by atoms with Crippen molar-refractivity contribution in [2.75, 3.05) is 5.32 Å². The van der Waals surface area contributed by atoms with Gasteiger partial charge in [-0.1, -0.05) is 38.1 Å². The van der Waals surface area contributed by atoms with Crippen LogP contribution >= 0.6 is 24.0 Å². The van der Waals surface area contributed by atoms with Gasteiger partial charge >= 0.3 is 0 Å². The Bertz CT molecular complexity index is 834. The van der Waals surface area contributed by atoms with Gasteiger partial charge in [-0.3, -0.25) is 0 Å². The first-order valence-electron chi connectivity index (χ1n) is 7.54. The van der Waals surface area contributed by atoms with Gasteiger partial charge in [0.05, 0.1) is 11.4 Å². The third kappa shape index (κ3) is 6.63. The Morgan fingerprint density at radius 3 is 2.36 bits per heavy atom. The molecule has 0 atom stereocenters. The maximum atomic E-state index is 11.2. The number of hydrogen-bond acceptors (Lipinski definition) is 3. The molecule has 8 heteroatoms. The Labute approximate surface area is 165 Å². The number of primary sulfonamides is 1. The summed E-state index contributed by atoms with van der Waals surface area (Å²) in [5.41, 5.74) is 8.83. The zero-order chi connectivity index (χ0) is 17.7. The molecule has 0 aliphatic heterocycles. The van der Waals surface area contributed by atoms with E-state index in [9.17, 15) is 8.42 Å². The van der Waals surface area contributed by atoms with Crippen LogP contribution in [0.2, 0.25) is 0 Å². The molecule has 136 valence electrons. The van der Waals surface area contributed by atoms with Crippen molar-refractivity contribution >= 4 is 45.6 Å². The Kier molecular flexibility index (Phi) is 7.84. The van der Waals surface area contributed by atoms with Crippen LogP contribution in [0.15, 0.2) is 58.4 Å². The number of rotatable bonds is 5. The number of nitrogens with two attached hydrogens (primary N) is 2. The summed E-state index contributed by atoms with van der Waals surface area (Å²) in [5.74, 6) is 0.730. The van der Waals surface area contributed by atoms with Gasteiger partial charge in [-0.25, -0.2) is 18.5 Å². The summed E-state index contributed by atoms with van der Waals surface area (Å²) in [6.07, 6.45) is 0. The molecule has 0 saturated heterocycles. The summed E-state index contributed by atoms with van der Waals surface area (Å²) in [6, 6.07) is 14.2. The van der Waals surface area contributed by atoms with Crippen molar-refractivity contribution in [3.05, 3.63) is 59.7 Å². The molecule has 0 aromatic heterocycles. The maximum Gasteiger partial charge on any atom is 0.238 e. The van der Waals surface area contributed by atoms with Crippen LogP contribution in [0.4, 0.5) is 5.69 Å². The molecule has 0 aliphatic carbocycles. The number of sulfonamides is 1. The number of guanidine groups is 1. The molecule has 2 rings (SSSR count). The fourth-order valence-electron chi connectivity index (χ4n) is 2.12. The van der Waals surface area contributed by atoms with Gasteiger partial charge in [0.1, 0.15) is 0 Å². The molecule has 0 heterocycles. The highest BCUT2D eigenvalue weighted by atomic mass is 127. The van der Waals surface area contributed by atoms with Crippen molar-refractivity contribution in [2.45, 2.75) is 31.2 Å². The lowest BCUT2D eigenvalue weighted by Gasteiger charge is -2.10. The van der Waals surface area contributed by atoms with Gasteiger partial charge < -0.3 is 11.1 Å². The van der Waals surface area contributed by atoms with Crippen LogP contribution in [0, 0.1) is 0 Å². The number of benzene rings is 2. The Morgan fingerprint density at radius 1 is 1.16 bits per heavy atom. The smallest absolute Gasteiger partial charge is 0.238 e. The topological polar surface area (TPSA) is 111 Å². The molecule has 2 aromatic carbocycles. The molecule has 5 N–H and O–H groups in total. The van der Waals surface area contributed by atoms with Crippen LogP contribution in [-0.2, 0) is 16.6 Å². The van der Waals surface area contributed by atoms with Gasteiger partial charge in [-0.15, -0.1) is 24.0 Å². The van der Waals surface area contributed by atoms with Crippen molar-refractivity contribution in [2.24, 2.45) is 15.9 Å². The fraction of sp³-hybridized carbons (Fsp3) is 0.235. The average Bonchev–Trinajstić information content (AvgIpc) is 2.53. The number of hydrogen-bond donors (Lipinski definition) is 3. The van der Waals surface area contributed by atoms with Crippen molar-refractivity contribution in [3.63, 3.8) is 0 Å². The summed E-state index contributed by atoms with van der Waals surface area (Å²) in [5, 5.41) is 8.12. The van der Waals surface area contributed by atoms with Crippen LogP contribution < -0.4 is 16.2 Å². The molecule has 6 nitrogen and oxygen atoms in total. The average molecular weight is 474 g/mol. The molecule has 0 saturated carbocycles. The minimum Gasteiger partial charge on any atom is -0.370 e. The molecule has 0 spiro atoms. The van der Waals surface area contributed by atoms with E-state index in [4.69, 9.17) is 10.9 Å². The van der Waals surface area contributed by atoms with Gasteiger partial charge in [-0.2, -0.15) is 0 Å². The molecule has 0 unspecified atom stereocenters. The normalized spacial score (nSPS) is 11.9. The largest absolute Gasteiger partial charge is 0.370 e. The summed E-state index contributed by atoms with van der Waals surface area (Å²) in [7, 11) is -3.68. The van der Waals surface area contributed by atoms with Gasteiger partial charge in [0.15, 0.2) is 5.96 Å². The van der Waals surface area contributed by atoms with Crippen molar-refractivity contribution < 1.29 is 8.42 Å². The van der Waals surface area contributed by atoms with E-state index >= 15 is 0 Å². The summed E-state index contributed by atoms with van der Waals surface area (Å²) >= 11 is 0. The third-order valence-corrected chi connectivity index (χ3v) is 4.44. The van der Waals surface area contributed by atoms with E-state index in [-0.39, 0.29) is 28.9 Å². The third-order valence-electron chi connectivity index (χ3n) is 3.51. The second kappa shape index (κ2) is 9.16. The van der Waals surface area contributed by atoms with E-state index in [0.29, 0.717) is 18.4 Å². The maximum absolute atomic E-state index is 11.2. The molecule has 0 aliphatic rings. The molecule has 25 heavy (non-hydrogen) atoms. The Hall–Kier alpha value is -1.65. The highest BCUT2D eigenvalue weighted by Crippen LogP contribution is 2.18. The van der Waals surface area contributed by atoms with Gasteiger partial charge in [0.2, 0.25) is 10.0 Å². The zero-order valence-electron chi connectivity index (χ0n) is 14.1. The minimum atomic E-state index is -3.68. The second-order valence-corrected chi connectivity index (χ2v) is 7.36. The van der Waals surface area contributed by atoms with Crippen LogP contribution in [-0.4, -0.2) is 14.4 Å². The van der Waals surface area contributed by atoms with E-state index in [0.717, 1.165) is 11.3 Å². The highest BCUT2D eigenvalue weighted by molar-refractivity contribution is 14.0.